The van der Waals surface area contributed by atoms with Gasteiger partial charge in [-0.1, -0.05) is 65.1 Å². The molecule has 3 rings (SSSR count). The Balaban J connectivity index is 1.73. The first kappa shape index (κ1) is 20.3. The number of halogens is 3. The molecule has 0 unspecified atom stereocenters. The molecule has 0 bridgehead atoms. The molecule has 3 aromatic rings. The molecule has 144 valence electrons. The lowest BCUT2D eigenvalue weighted by Crippen LogP contribution is -1.99. The molecule has 0 fully saturated rings. The molecule has 0 atom stereocenters. The van der Waals surface area contributed by atoms with Crippen molar-refractivity contribution in [2.75, 3.05) is 12.5 Å². The van der Waals surface area contributed by atoms with Crippen LogP contribution < -0.4 is 14.9 Å². The van der Waals surface area contributed by atoms with Gasteiger partial charge in [-0.3, -0.25) is 5.43 Å². The number of rotatable bonds is 7. The van der Waals surface area contributed by atoms with Gasteiger partial charge in [0.1, 0.15) is 6.61 Å². The monoisotopic (exact) mass is 434 g/mol. The molecular formula is C21H17Cl3N2O2. The molecule has 0 aliphatic rings. The molecule has 0 spiro atoms. The van der Waals surface area contributed by atoms with Crippen molar-refractivity contribution >= 4 is 46.7 Å². The van der Waals surface area contributed by atoms with Crippen LogP contribution in [0.5, 0.6) is 11.5 Å². The van der Waals surface area contributed by atoms with E-state index < -0.39 is 0 Å². The van der Waals surface area contributed by atoms with Gasteiger partial charge in [0.2, 0.25) is 0 Å². The molecule has 0 amide bonds. The second-order valence-electron chi connectivity index (χ2n) is 5.80. The first-order valence-electron chi connectivity index (χ1n) is 8.35. The summed E-state index contributed by atoms with van der Waals surface area (Å²) < 4.78 is 11.3. The number of hydrogen-bond donors (Lipinski definition) is 1. The zero-order valence-corrected chi connectivity index (χ0v) is 17.2. The van der Waals surface area contributed by atoms with E-state index in [-0.39, 0.29) is 0 Å². The predicted octanol–water partition coefficient (Wildman–Crippen LogP) is 6.68. The summed E-state index contributed by atoms with van der Waals surface area (Å²) in [6.07, 6.45) is 1.64. The topological polar surface area (TPSA) is 42.8 Å². The molecule has 0 aromatic heterocycles. The Morgan fingerprint density at radius 1 is 0.929 bits per heavy atom. The number of benzene rings is 3. The van der Waals surface area contributed by atoms with Gasteiger partial charge in [-0.15, -0.1) is 0 Å². The van der Waals surface area contributed by atoms with Crippen molar-refractivity contribution in [2.24, 2.45) is 5.10 Å². The van der Waals surface area contributed by atoms with Crippen LogP contribution in [0.4, 0.5) is 5.69 Å². The molecule has 0 saturated carbocycles. The average Bonchev–Trinajstić information content (AvgIpc) is 2.69. The lowest BCUT2D eigenvalue weighted by Gasteiger charge is -2.11. The highest BCUT2D eigenvalue weighted by Crippen LogP contribution is 2.33. The third-order valence-corrected chi connectivity index (χ3v) is 4.64. The van der Waals surface area contributed by atoms with Crippen LogP contribution in [0.15, 0.2) is 65.8 Å². The average molecular weight is 436 g/mol. The Hall–Kier alpha value is -2.40. The van der Waals surface area contributed by atoms with E-state index in [0.29, 0.717) is 38.9 Å². The Morgan fingerprint density at radius 3 is 2.32 bits per heavy atom. The van der Waals surface area contributed by atoms with Crippen molar-refractivity contribution in [1.29, 1.82) is 0 Å². The zero-order chi connectivity index (χ0) is 19.9. The quantitative estimate of drug-likeness (QED) is 0.332. The standard InChI is InChI=1S/C21H17Cl3N2O2/c1-27-19-8-7-15(9-20(19)28-13-14-5-3-2-4-6-14)12-25-26-21-17(23)10-16(22)11-18(21)24/h2-12,26H,13H2,1H3/b25-12-. The van der Waals surface area contributed by atoms with E-state index in [1.54, 1.807) is 25.5 Å². The summed E-state index contributed by atoms with van der Waals surface area (Å²) in [5.74, 6) is 1.27. The summed E-state index contributed by atoms with van der Waals surface area (Å²) >= 11 is 18.2. The minimum absolute atomic E-state index is 0.385. The van der Waals surface area contributed by atoms with Gasteiger partial charge in [-0.2, -0.15) is 5.10 Å². The van der Waals surface area contributed by atoms with Crippen molar-refractivity contribution in [3.05, 3.63) is 86.9 Å². The van der Waals surface area contributed by atoms with Gasteiger partial charge >= 0.3 is 0 Å². The molecule has 0 heterocycles. The SMILES string of the molecule is COc1ccc(/C=N\Nc2c(Cl)cc(Cl)cc2Cl)cc1OCc1ccccc1. The van der Waals surface area contributed by atoms with Crippen LogP contribution in [0.25, 0.3) is 0 Å². The molecule has 4 nitrogen and oxygen atoms in total. The summed E-state index contributed by atoms with van der Waals surface area (Å²) in [5.41, 5.74) is 5.21. The van der Waals surface area contributed by atoms with E-state index in [0.717, 1.165) is 11.1 Å². The highest BCUT2D eigenvalue weighted by Gasteiger charge is 2.08. The molecule has 28 heavy (non-hydrogen) atoms. The summed E-state index contributed by atoms with van der Waals surface area (Å²) in [6, 6.07) is 18.6. The number of nitrogens with zero attached hydrogens (tertiary/aromatic N) is 1. The van der Waals surface area contributed by atoms with Crippen molar-refractivity contribution < 1.29 is 9.47 Å². The highest BCUT2D eigenvalue weighted by molar-refractivity contribution is 6.41. The fourth-order valence-electron chi connectivity index (χ4n) is 2.44. The molecule has 0 saturated heterocycles. The summed E-state index contributed by atoms with van der Waals surface area (Å²) in [4.78, 5) is 0. The van der Waals surface area contributed by atoms with Crippen molar-refractivity contribution in [3.8, 4) is 11.5 Å². The van der Waals surface area contributed by atoms with Gasteiger partial charge in [0.15, 0.2) is 11.5 Å². The Morgan fingerprint density at radius 2 is 1.64 bits per heavy atom. The predicted molar refractivity (Wildman–Crippen MR) is 116 cm³/mol. The molecule has 1 N–H and O–H groups in total. The lowest BCUT2D eigenvalue weighted by atomic mass is 10.2. The number of hydrogen-bond acceptors (Lipinski definition) is 4. The molecule has 0 aliphatic heterocycles. The number of methoxy groups -OCH3 is 1. The van der Waals surface area contributed by atoms with E-state index in [9.17, 15) is 0 Å². The second-order valence-corrected chi connectivity index (χ2v) is 7.05. The fraction of sp³-hybridized carbons (Fsp3) is 0.0952. The largest absolute Gasteiger partial charge is 0.493 e. The second kappa shape index (κ2) is 9.69. The smallest absolute Gasteiger partial charge is 0.162 e. The molecule has 7 heteroatoms. The van der Waals surface area contributed by atoms with Crippen LogP contribution in [-0.4, -0.2) is 13.3 Å². The van der Waals surface area contributed by atoms with E-state index in [4.69, 9.17) is 44.3 Å². The van der Waals surface area contributed by atoms with Crippen LogP contribution >= 0.6 is 34.8 Å². The van der Waals surface area contributed by atoms with Crippen molar-refractivity contribution in [3.63, 3.8) is 0 Å². The van der Waals surface area contributed by atoms with Gasteiger partial charge in [0, 0.05) is 5.02 Å². The Bertz CT molecular complexity index is 956. The molecule has 3 aromatic carbocycles. The zero-order valence-electron chi connectivity index (χ0n) is 15.0. The fourth-order valence-corrected chi connectivity index (χ4v) is 3.34. The Kier molecular flexibility index (Phi) is 7.04. The summed E-state index contributed by atoms with van der Waals surface area (Å²) in [5, 5.41) is 5.42. The van der Waals surface area contributed by atoms with Gasteiger partial charge in [-0.25, -0.2) is 0 Å². The van der Waals surface area contributed by atoms with Gasteiger partial charge in [0.05, 0.1) is 29.1 Å². The maximum Gasteiger partial charge on any atom is 0.162 e. The van der Waals surface area contributed by atoms with Gasteiger partial charge in [-0.05, 0) is 41.5 Å². The van der Waals surface area contributed by atoms with Crippen LogP contribution in [0.3, 0.4) is 0 Å². The summed E-state index contributed by atoms with van der Waals surface area (Å²) in [6.45, 7) is 0.437. The summed E-state index contributed by atoms with van der Waals surface area (Å²) in [7, 11) is 1.60. The maximum atomic E-state index is 6.14. The molecule has 0 aliphatic carbocycles. The van der Waals surface area contributed by atoms with Crippen LogP contribution in [0, 0.1) is 0 Å². The third kappa shape index (κ3) is 5.32. The molecule has 0 radical (unpaired) electrons. The normalized spacial score (nSPS) is 10.9. The van der Waals surface area contributed by atoms with Crippen LogP contribution in [0.1, 0.15) is 11.1 Å². The number of nitrogens with one attached hydrogen (secondary N) is 1. The van der Waals surface area contributed by atoms with E-state index in [2.05, 4.69) is 10.5 Å². The number of anilines is 1. The maximum absolute atomic E-state index is 6.14. The van der Waals surface area contributed by atoms with Crippen molar-refractivity contribution in [1.82, 2.24) is 0 Å². The minimum atomic E-state index is 0.385. The van der Waals surface area contributed by atoms with Gasteiger partial charge in [0.25, 0.3) is 0 Å². The van der Waals surface area contributed by atoms with Gasteiger partial charge < -0.3 is 9.47 Å². The molecular weight excluding hydrogens is 419 g/mol. The lowest BCUT2D eigenvalue weighted by molar-refractivity contribution is 0.284. The number of hydrazone groups is 1. The minimum Gasteiger partial charge on any atom is -0.493 e. The van der Waals surface area contributed by atoms with E-state index in [1.807, 2.05) is 48.5 Å². The highest BCUT2D eigenvalue weighted by atomic mass is 35.5. The Labute approximate surface area is 178 Å². The van der Waals surface area contributed by atoms with E-state index in [1.165, 1.54) is 0 Å². The first-order chi connectivity index (χ1) is 13.6. The number of ether oxygens (including phenoxy) is 2. The van der Waals surface area contributed by atoms with Crippen LogP contribution in [-0.2, 0) is 6.61 Å². The third-order valence-electron chi connectivity index (χ3n) is 3.82. The van der Waals surface area contributed by atoms with Crippen LogP contribution in [0.2, 0.25) is 15.1 Å². The van der Waals surface area contributed by atoms with Crippen molar-refractivity contribution in [2.45, 2.75) is 6.61 Å². The first-order valence-corrected chi connectivity index (χ1v) is 9.48. The van der Waals surface area contributed by atoms with E-state index >= 15 is 0 Å².